The van der Waals surface area contributed by atoms with Gasteiger partial charge in [0.2, 0.25) is 5.91 Å². The molecule has 2 nitrogen and oxygen atoms in total. The van der Waals surface area contributed by atoms with Gasteiger partial charge in [0.25, 0.3) is 0 Å². The van der Waals surface area contributed by atoms with Crippen molar-refractivity contribution in [1.82, 2.24) is 5.32 Å². The SMILES string of the molecule is CC(C)C[C@@H](NC(=O)Cc1cccs1)c1ccccc1. The minimum atomic E-state index is 0.0990. The largest absolute Gasteiger partial charge is 0.349 e. The van der Waals surface area contributed by atoms with Gasteiger partial charge in [0.1, 0.15) is 0 Å². The Morgan fingerprint density at radius 2 is 1.90 bits per heavy atom. The molecule has 1 amide bonds. The first-order chi connectivity index (χ1) is 9.65. The van der Waals surface area contributed by atoms with Crippen molar-refractivity contribution in [3.8, 4) is 0 Å². The highest BCUT2D eigenvalue weighted by atomic mass is 32.1. The summed E-state index contributed by atoms with van der Waals surface area (Å²) >= 11 is 1.63. The normalized spacial score (nSPS) is 12.3. The smallest absolute Gasteiger partial charge is 0.225 e. The first-order valence-corrected chi connectivity index (χ1v) is 7.90. The van der Waals surface area contributed by atoms with Crippen LogP contribution in [0, 0.1) is 5.92 Å². The lowest BCUT2D eigenvalue weighted by Gasteiger charge is -2.21. The van der Waals surface area contributed by atoms with Gasteiger partial charge in [-0.05, 0) is 29.3 Å². The lowest BCUT2D eigenvalue weighted by Crippen LogP contribution is -2.30. The van der Waals surface area contributed by atoms with Gasteiger partial charge in [0, 0.05) is 4.88 Å². The average molecular weight is 287 g/mol. The van der Waals surface area contributed by atoms with Gasteiger partial charge in [-0.2, -0.15) is 0 Å². The van der Waals surface area contributed by atoms with Crippen molar-refractivity contribution < 1.29 is 4.79 Å². The van der Waals surface area contributed by atoms with E-state index in [4.69, 9.17) is 0 Å². The van der Waals surface area contributed by atoms with E-state index in [0.717, 1.165) is 11.3 Å². The standard InChI is InChI=1S/C17H21NOS/c1-13(2)11-16(14-7-4-3-5-8-14)18-17(19)12-15-9-6-10-20-15/h3-10,13,16H,11-12H2,1-2H3,(H,18,19)/t16-/m1/s1. The van der Waals surface area contributed by atoms with Crippen molar-refractivity contribution in [2.24, 2.45) is 5.92 Å². The molecule has 0 saturated heterocycles. The van der Waals surface area contributed by atoms with E-state index < -0.39 is 0 Å². The highest BCUT2D eigenvalue weighted by Gasteiger charge is 2.16. The maximum Gasteiger partial charge on any atom is 0.225 e. The van der Waals surface area contributed by atoms with Crippen LogP contribution in [0.3, 0.4) is 0 Å². The number of rotatable bonds is 6. The van der Waals surface area contributed by atoms with E-state index in [1.54, 1.807) is 11.3 Å². The molecule has 3 heteroatoms. The Bertz CT molecular complexity index is 519. The molecule has 20 heavy (non-hydrogen) atoms. The van der Waals surface area contributed by atoms with Crippen molar-refractivity contribution in [1.29, 1.82) is 0 Å². The minimum Gasteiger partial charge on any atom is -0.349 e. The van der Waals surface area contributed by atoms with E-state index in [1.807, 2.05) is 35.7 Å². The molecule has 106 valence electrons. The van der Waals surface area contributed by atoms with Crippen molar-refractivity contribution in [3.05, 3.63) is 58.3 Å². The molecule has 1 aromatic carbocycles. The van der Waals surface area contributed by atoms with E-state index in [2.05, 4.69) is 31.3 Å². The molecule has 2 aromatic rings. The van der Waals surface area contributed by atoms with Crippen molar-refractivity contribution in [2.45, 2.75) is 32.7 Å². The molecule has 1 atom stereocenters. The monoisotopic (exact) mass is 287 g/mol. The van der Waals surface area contributed by atoms with Crippen LogP contribution in [-0.4, -0.2) is 5.91 Å². The highest BCUT2D eigenvalue weighted by Crippen LogP contribution is 2.21. The Morgan fingerprint density at radius 3 is 2.50 bits per heavy atom. The van der Waals surface area contributed by atoms with Gasteiger partial charge in [-0.3, -0.25) is 4.79 Å². The lowest BCUT2D eigenvalue weighted by atomic mass is 9.97. The fraction of sp³-hybridized carbons (Fsp3) is 0.353. The summed E-state index contributed by atoms with van der Waals surface area (Å²) in [6.07, 6.45) is 1.43. The average Bonchev–Trinajstić information content (AvgIpc) is 2.91. The topological polar surface area (TPSA) is 29.1 Å². The molecule has 0 saturated carbocycles. The summed E-state index contributed by atoms with van der Waals surface area (Å²) in [6, 6.07) is 14.3. The third kappa shape index (κ3) is 4.49. The van der Waals surface area contributed by atoms with E-state index in [9.17, 15) is 4.79 Å². The van der Waals surface area contributed by atoms with Crippen LogP contribution in [0.5, 0.6) is 0 Å². The fourth-order valence-electron chi connectivity index (χ4n) is 2.25. The van der Waals surface area contributed by atoms with Crippen LogP contribution in [0.4, 0.5) is 0 Å². The second kappa shape index (κ2) is 7.25. The summed E-state index contributed by atoms with van der Waals surface area (Å²) in [7, 11) is 0. The molecule has 0 fully saturated rings. The van der Waals surface area contributed by atoms with E-state index in [1.165, 1.54) is 5.56 Å². The Hall–Kier alpha value is -1.61. The van der Waals surface area contributed by atoms with Crippen LogP contribution in [-0.2, 0) is 11.2 Å². The molecule has 1 aromatic heterocycles. The first-order valence-electron chi connectivity index (χ1n) is 7.02. The molecule has 0 radical (unpaired) electrons. The van der Waals surface area contributed by atoms with E-state index in [-0.39, 0.29) is 11.9 Å². The second-order valence-electron chi connectivity index (χ2n) is 5.42. The van der Waals surface area contributed by atoms with Crippen LogP contribution in [0.1, 0.15) is 36.8 Å². The van der Waals surface area contributed by atoms with Gasteiger partial charge in [0.15, 0.2) is 0 Å². The molecule has 0 aliphatic rings. The van der Waals surface area contributed by atoms with Gasteiger partial charge in [0.05, 0.1) is 12.5 Å². The fourth-order valence-corrected chi connectivity index (χ4v) is 2.96. The van der Waals surface area contributed by atoms with Crippen molar-refractivity contribution in [2.75, 3.05) is 0 Å². The molecule has 0 aliphatic carbocycles. The van der Waals surface area contributed by atoms with E-state index >= 15 is 0 Å². The molecule has 1 N–H and O–H groups in total. The minimum absolute atomic E-state index is 0.0990. The Morgan fingerprint density at radius 1 is 1.15 bits per heavy atom. The maximum atomic E-state index is 12.2. The van der Waals surface area contributed by atoms with Gasteiger partial charge >= 0.3 is 0 Å². The first kappa shape index (κ1) is 14.8. The maximum absolute atomic E-state index is 12.2. The van der Waals surface area contributed by atoms with Crippen LogP contribution >= 0.6 is 11.3 Å². The number of benzene rings is 1. The molecule has 2 rings (SSSR count). The molecular formula is C17H21NOS. The Labute approximate surface area is 124 Å². The van der Waals surface area contributed by atoms with Crippen molar-refractivity contribution >= 4 is 17.2 Å². The molecule has 0 aliphatic heterocycles. The Balaban J connectivity index is 2.02. The van der Waals surface area contributed by atoms with Gasteiger partial charge in [-0.25, -0.2) is 0 Å². The summed E-state index contributed by atoms with van der Waals surface area (Å²) in [5.41, 5.74) is 1.18. The summed E-state index contributed by atoms with van der Waals surface area (Å²) in [6.45, 7) is 4.36. The summed E-state index contributed by atoms with van der Waals surface area (Å²) in [5, 5.41) is 5.18. The second-order valence-corrected chi connectivity index (χ2v) is 6.45. The number of thiophene rings is 1. The zero-order valence-electron chi connectivity index (χ0n) is 12.0. The molecular weight excluding hydrogens is 266 g/mol. The van der Waals surface area contributed by atoms with E-state index in [0.29, 0.717) is 12.3 Å². The number of nitrogens with one attached hydrogen (secondary N) is 1. The third-order valence-electron chi connectivity index (χ3n) is 3.16. The molecule has 0 spiro atoms. The third-order valence-corrected chi connectivity index (χ3v) is 4.04. The number of carbonyl (C=O) groups excluding carboxylic acids is 1. The van der Waals surface area contributed by atoms with Crippen LogP contribution < -0.4 is 5.32 Å². The van der Waals surface area contributed by atoms with Gasteiger partial charge < -0.3 is 5.32 Å². The zero-order chi connectivity index (χ0) is 14.4. The van der Waals surface area contributed by atoms with Crippen LogP contribution in [0.25, 0.3) is 0 Å². The van der Waals surface area contributed by atoms with Gasteiger partial charge in [-0.15, -0.1) is 11.3 Å². The summed E-state index contributed by atoms with van der Waals surface area (Å²) in [4.78, 5) is 13.3. The molecule has 1 heterocycles. The van der Waals surface area contributed by atoms with Crippen LogP contribution in [0.15, 0.2) is 47.8 Å². The number of amides is 1. The predicted octanol–water partition coefficient (Wildman–Crippen LogP) is 4.19. The summed E-state index contributed by atoms with van der Waals surface area (Å²) in [5.74, 6) is 0.643. The van der Waals surface area contributed by atoms with Crippen LogP contribution in [0.2, 0.25) is 0 Å². The molecule has 0 bridgehead atoms. The van der Waals surface area contributed by atoms with Crippen molar-refractivity contribution in [3.63, 3.8) is 0 Å². The summed E-state index contributed by atoms with van der Waals surface area (Å²) < 4.78 is 0. The number of hydrogen-bond donors (Lipinski definition) is 1. The highest BCUT2D eigenvalue weighted by molar-refractivity contribution is 7.10. The number of hydrogen-bond acceptors (Lipinski definition) is 2. The Kier molecular flexibility index (Phi) is 5.36. The molecule has 0 unspecified atom stereocenters. The van der Waals surface area contributed by atoms with Gasteiger partial charge in [-0.1, -0.05) is 50.2 Å². The zero-order valence-corrected chi connectivity index (χ0v) is 12.8. The quantitative estimate of drug-likeness (QED) is 0.848. The lowest BCUT2D eigenvalue weighted by molar-refractivity contribution is -0.121. The number of carbonyl (C=O) groups is 1. The predicted molar refractivity (Wildman–Crippen MR) is 84.8 cm³/mol.